The van der Waals surface area contributed by atoms with Crippen LogP contribution in [0.25, 0.3) is 0 Å². The van der Waals surface area contributed by atoms with Gasteiger partial charge in [0.1, 0.15) is 5.69 Å². The lowest BCUT2D eigenvalue weighted by Gasteiger charge is -2.26. The molecule has 0 saturated carbocycles. The van der Waals surface area contributed by atoms with Crippen molar-refractivity contribution in [3.8, 4) is 0 Å². The number of rotatable bonds is 6. The number of carbonyl (C=O) groups excluding carboxylic acids is 1. The number of amides is 1. The lowest BCUT2D eigenvalue weighted by Crippen LogP contribution is -2.38. The van der Waals surface area contributed by atoms with Crippen LogP contribution in [0.2, 0.25) is 0 Å². The molecule has 1 fully saturated rings. The summed E-state index contributed by atoms with van der Waals surface area (Å²) in [7, 11) is 0. The molecule has 0 spiro atoms. The van der Waals surface area contributed by atoms with Crippen molar-refractivity contribution >= 4 is 18.5 Å². The van der Waals surface area contributed by atoms with E-state index in [0.29, 0.717) is 12.3 Å². The molecule has 6 heteroatoms. The highest BCUT2D eigenvalue weighted by Gasteiger charge is 2.13. The smallest absolute Gasteiger partial charge is 0.267 e. The average Bonchev–Trinajstić information content (AvgIpc) is 2.92. The number of hydrogen-bond donors (Lipinski definition) is 2. The first-order chi connectivity index (χ1) is 9.31. The number of carbonyl (C=O) groups is 1. The maximum absolute atomic E-state index is 11.9. The zero-order valence-corrected chi connectivity index (χ0v) is 11.9. The minimum absolute atomic E-state index is 0.0268. The molecule has 1 aromatic rings. The van der Waals surface area contributed by atoms with E-state index in [1.165, 1.54) is 0 Å². The van der Waals surface area contributed by atoms with E-state index in [1.54, 1.807) is 0 Å². The van der Waals surface area contributed by atoms with E-state index in [9.17, 15) is 4.79 Å². The van der Waals surface area contributed by atoms with Crippen LogP contribution in [0.5, 0.6) is 0 Å². The van der Waals surface area contributed by atoms with Gasteiger partial charge in [-0.15, -0.1) is 0 Å². The van der Waals surface area contributed by atoms with Gasteiger partial charge in [-0.25, -0.2) is 0 Å². The summed E-state index contributed by atoms with van der Waals surface area (Å²) in [6.07, 6.45) is 1.95. The maximum Gasteiger partial charge on any atom is 0.267 e. The number of nitrogens with one attached hydrogen (secondary N) is 1. The summed E-state index contributed by atoms with van der Waals surface area (Å²) >= 11 is 4.09. The van der Waals surface area contributed by atoms with Crippen LogP contribution in [0.15, 0.2) is 18.3 Å². The second-order valence-electron chi connectivity index (χ2n) is 4.52. The molecule has 0 bridgehead atoms. The van der Waals surface area contributed by atoms with Crippen LogP contribution in [0, 0.1) is 0 Å². The van der Waals surface area contributed by atoms with Crippen LogP contribution >= 0.6 is 12.6 Å². The Hall–Kier alpha value is -0.980. The third kappa shape index (κ3) is 4.26. The monoisotopic (exact) mass is 283 g/mol. The SMILES string of the molecule is O=C(NCCS)c1cccn1CCN1CCOCC1. The molecular formula is C13H21N3O2S. The fourth-order valence-corrected chi connectivity index (χ4v) is 2.26. The van der Waals surface area contributed by atoms with Gasteiger partial charge in [0.2, 0.25) is 0 Å². The van der Waals surface area contributed by atoms with E-state index >= 15 is 0 Å². The molecule has 1 aromatic heterocycles. The third-order valence-corrected chi connectivity index (χ3v) is 3.44. The Morgan fingerprint density at radius 1 is 1.37 bits per heavy atom. The van der Waals surface area contributed by atoms with E-state index in [4.69, 9.17) is 4.74 Å². The molecule has 2 heterocycles. The van der Waals surface area contributed by atoms with E-state index in [2.05, 4.69) is 22.8 Å². The number of ether oxygens (including phenoxy) is 1. The fraction of sp³-hybridized carbons (Fsp3) is 0.615. The van der Waals surface area contributed by atoms with Crippen LogP contribution in [0.4, 0.5) is 0 Å². The molecule has 5 nitrogen and oxygen atoms in total. The summed E-state index contributed by atoms with van der Waals surface area (Å²) in [4.78, 5) is 14.3. The van der Waals surface area contributed by atoms with Crippen molar-refractivity contribution in [3.05, 3.63) is 24.0 Å². The lowest BCUT2D eigenvalue weighted by atomic mass is 10.3. The highest BCUT2D eigenvalue weighted by atomic mass is 32.1. The van der Waals surface area contributed by atoms with Crippen molar-refractivity contribution in [3.63, 3.8) is 0 Å². The van der Waals surface area contributed by atoms with Crippen molar-refractivity contribution in [2.75, 3.05) is 45.1 Å². The molecule has 1 aliphatic heterocycles. The number of morpholine rings is 1. The summed E-state index contributed by atoms with van der Waals surface area (Å²) in [6, 6.07) is 3.77. The fourth-order valence-electron chi connectivity index (χ4n) is 2.15. The van der Waals surface area contributed by atoms with E-state index in [1.807, 2.05) is 22.9 Å². The van der Waals surface area contributed by atoms with E-state index < -0.39 is 0 Å². The minimum atomic E-state index is -0.0268. The maximum atomic E-state index is 11.9. The van der Waals surface area contributed by atoms with Gasteiger partial charge < -0.3 is 14.6 Å². The second kappa shape index (κ2) is 7.57. The van der Waals surface area contributed by atoms with Crippen LogP contribution in [-0.2, 0) is 11.3 Å². The molecule has 0 atom stereocenters. The van der Waals surface area contributed by atoms with Crippen molar-refractivity contribution in [1.82, 2.24) is 14.8 Å². The molecule has 1 amide bonds. The van der Waals surface area contributed by atoms with Gasteiger partial charge >= 0.3 is 0 Å². The number of nitrogens with zero attached hydrogens (tertiary/aromatic N) is 2. The van der Waals surface area contributed by atoms with Crippen LogP contribution < -0.4 is 5.32 Å². The van der Waals surface area contributed by atoms with Gasteiger partial charge in [0, 0.05) is 44.7 Å². The van der Waals surface area contributed by atoms with Crippen molar-refractivity contribution in [2.45, 2.75) is 6.54 Å². The minimum Gasteiger partial charge on any atom is -0.379 e. The predicted molar refractivity (Wildman–Crippen MR) is 77.9 cm³/mol. The van der Waals surface area contributed by atoms with Crippen molar-refractivity contribution in [2.24, 2.45) is 0 Å². The summed E-state index contributed by atoms with van der Waals surface area (Å²) in [5.41, 5.74) is 0.718. The van der Waals surface area contributed by atoms with Crippen LogP contribution in [0.3, 0.4) is 0 Å². The van der Waals surface area contributed by atoms with Gasteiger partial charge in [0.05, 0.1) is 13.2 Å². The number of aromatic nitrogens is 1. The Bertz CT molecular complexity index is 402. The van der Waals surface area contributed by atoms with E-state index in [0.717, 1.165) is 45.1 Å². The molecule has 1 N–H and O–H groups in total. The topological polar surface area (TPSA) is 46.5 Å². The zero-order valence-electron chi connectivity index (χ0n) is 11.0. The Labute approximate surface area is 119 Å². The Balaban J connectivity index is 1.86. The molecule has 0 aromatic carbocycles. The Morgan fingerprint density at radius 3 is 2.89 bits per heavy atom. The van der Waals surface area contributed by atoms with Gasteiger partial charge in [-0.2, -0.15) is 12.6 Å². The molecule has 106 valence electrons. The predicted octanol–water partition coefficient (Wildman–Crippen LogP) is 0.480. The quantitative estimate of drug-likeness (QED) is 0.747. The molecule has 1 saturated heterocycles. The van der Waals surface area contributed by atoms with E-state index in [-0.39, 0.29) is 5.91 Å². The molecular weight excluding hydrogens is 262 g/mol. The average molecular weight is 283 g/mol. The highest BCUT2D eigenvalue weighted by molar-refractivity contribution is 7.80. The first-order valence-corrected chi connectivity index (χ1v) is 7.29. The first-order valence-electron chi connectivity index (χ1n) is 6.65. The second-order valence-corrected chi connectivity index (χ2v) is 4.97. The van der Waals surface area contributed by atoms with Gasteiger partial charge in [-0.1, -0.05) is 0 Å². The molecule has 0 unspecified atom stereocenters. The Kier molecular flexibility index (Phi) is 5.75. The van der Waals surface area contributed by atoms with Crippen molar-refractivity contribution < 1.29 is 9.53 Å². The summed E-state index contributed by atoms with van der Waals surface area (Å²) in [5, 5.41) is 2.84. The molecule has 19 heavy (non-hydrogen) atoms. The van der Waals surface area contributed by atoms with Gasteiger partial charge in [0.15, 0.2) is 0 Å². The number of thiol groups is 1. The van der Waals surface area contributed by atoms with Gasteiger partial charge in [-0.05, 0) is 12.1 Å². The summed E-state index contributed by atoms with van der Waals surface area (Å²) in [6.45, 7) is 5.94. The van der Waals surface area contributed by atoms with Crippen LogP contribution in [-0.4, -0.2) is 60.5 Å². The third-order valence-electron chi connectivity index (χ3n) is 3.22. The summed E-state index contributed by atoms with van der Waals surface area (Å²) in [5.74, 6) is 0.626. The summed E-state index contributed by atoms with van der Waals surface area (Å²) < 4.78 is 7.33. The van der Waals surface area contributed by atoms with Gasteiger partial charge in [0.25, 0.3) is 5.91 Å². The van der Waals surface area contributed by atoms with Gasteiger partial charge in [-0.3, -0.25) is 9.69 Å². The molecule has 0 radical (unpaired) electrons. The van der Waals surface area contributed by atoms with Crippen LogP contribution in [0.1, 0.15) is 10.5 Å². The zero-order chi connectivity index (χ0) is 13.5. The normalized spacial score (nSPS) is 16.5. The highest BCUT2D eigenvalue weighted by Crippen LogP contribution is 2.04. The standard InChI is InChI=1S/C13H21N3O2S/c17-13(14-3-11-19)12-2-1-4-16(12)6-5-15-7-9-18-10-8-15/h1-2,4,19H,3,5-11H2,(H,14,17). The number of hydrogen-bond acceptors (Lipinski definition) is 4. The lowest BCUT2D eigenvalue weighted by molar-refractivity contribution is 0.0363. The molecule has 2 rings (SSSR count). The molecule has 0 aliphatic carbocycles. The first kappa shape index (κ1) is 14.4. The largest absolute Gasteiger partial charge is 0.379 e. The molecule has 1 aliphatic rings. The van der Waals surface area contributed by atoms with Crippen molar-refractivity contribution in [1.29, 1.82) is 0 Å². The Morgan fingerprint density at radius 2 is 2.16 bits per heavy atom.